The molecule has 14 heavy (non-hydrogen) atoms. The Labute approximate surface area is 87.8 Å². The first-order valence-electron chi connectivity index (χ1n) is 4.03. The standard InChI is InChI=1S/C8H11ClO4S/c1-5(2)8(10)13-7-4-14(11,12)3-6(7)9/h6-7H,1,3-4H2,2H3. The van der Waals surface area contributed by atoms with E-state index in [4.69, 9.17) is 16.3 Å². The van der Waals surface area contributed by atoms with E-state index in [-0.39, 0.29) is 17.1 Å². The Hall–Kier alpha value is -0.550. The lowest BCUT2D eigenvalue weighted by molar-refractivity contribution is -0.142. The summed E-state index contributed by atoms with van der Waals surface area (Å²) in [5.74, 6) is -0.930. The third-order valence-electron chi connectivity index (χ3n) is 1.84. The first kappa shape index (κ1) is 11.5. The first-order chi connectivity index (χ1) is 6.32. The Morgan fingerprint density at radius 3 is 2.43 bits per heavy atom. The fourth-order valence-electron chi connectivity index (χ4n) is 1.12. The molecule has 1 saturated heterocycles. The lowest BCUT2D eigenvalue weighted by atomic mass is 10.3. The van der Waals surface area contributed by atoms with Crippen molar-refractivity contribution >= 4 is 27.4 Å². The van der Waals surface area contributed by atoms with Crippen molar-refractivity contribution < 1.29 is 17.9 Å². The zero-order valence-corrected chi connectivity index (χ0v) is 9.27. The summed E-state index contributed by atoms with van der Waals surface area (Å²) >= 11 is 5.73. The van der Waals surface area contributed by atoms with E-state index in [9.17, 15) is 13.2 Å². The van der Waals surface area contributed by atoms with E-state index in [1.165, 1.54) is 6.92 Å². The van der Waals surface area contributed by atoms with Crippen molar-refractivity contribution in [3.63, 3.8) is 0 Å². The second-order valence-electron chi connectivity index (χ2n) is 3.32. The molecule has 1 aliphatic heterocycles. The van der Waals surface area contributed by atoms with Gasteiger partial charge < -0.3 is 4.74 Å². The average molecular weight is 239 g/mol. The second kappa shape index (κ2) is 3.90. The minimum Gasteiger partial charge on any atom is -0.456 e. The summed E-state index contributed by atoms with van der Waals surface area (Å²) in [5.41, 5.74) is 0.234. The molecule has 0 aliphatic carbocycles. The highest BCUT2D eigenvalue weighted by Crippen LogP contribution is 2.21. The van der Waals surface area contributed by atoms with Crippen LogP contribution in [-0.2, 0) is 19.4 Å². The number of carbonyl (C=O) groups is 1. The predicted molar refractivity (Wildman–Crippen MR) is 53.0 cm³/mol. The molecule has 6 heteroatoms. The van der Waals surface area contributed by atoms with Crippen molar-refractivity contribution in [2.24, 2.45) is 0 Å². The second-order valence-corrected chi connectivity index (χ2v) is 6.03. The highest BCUT2D eigenvalue weighted by atomic mass is 35.5. The SMILES string of the molecule is C=C(C)C(=O)OC1CS(=O)(=O)CC1Cl. The quantitative estimate of drug-likeness (QED) is 0.400. The smallest absolute Gasteiger partial charge is 0.333 e. The van der Waals surface area contributed by atoms with Gasteiger partial charge in [0, 0.05) is 5.57 Å². The van der Waals surface area contributed by atoms with E-state index in [1.54, 1.807) is 0 Å². The normalized spacial score (nSPS) is 29.9. The number of esters is 1. The highest BCUT2D eigenvalue weighted by Gasteiger charge is 2.39. The molecule has 2 atom stereocenters. The minimum atomic E-state index is -3.15. The molecule has 1 rings (SSSR count). The van der Waals surface area contributed by atoms with Crippen LogP contribution in [0.1, 0.15) is 6.92 Å². The van der Waals surface area contributed by atoms with Crippen LogP contribution in [0.2, 0.25) is 0 Å². The van der Waals surface area contributed by atoms with Gasteiger partial charge in [0.1, 0.15) is 6.10 Å². The van der Waals surface area contributed by atoms with Crippen LogP contribution in [0.25, 0.3) is 0 Å². The summed E-state index contributed by atoms with van der Waals surface area (Å²) < 4.78 is 27.1. The van der Waals surface area contributed by atoms with Gasteiger partial charge in [-0.15, -0.1) is 11.6 Å². The highest BCUT2D eigenvalue weighted by molar-refractivity contribution is 7.91. The van der Waals surface area contributed by atoms with Gasteiger partial charge in [0.2, 0.25) is 0 Å². The molecule has 0 aromatic carbocycles. The van der Waals surface area contributed by atoms with Crippen LogP contribution in [0, 0.1) is 0 Å². The lowest BCUT2D eigenvalue weighted by Gasteiger charge is -2.12. The molecule has 0 saturated carbocycles. The van der Waals surface area contributed by atoms with Crippen molar-refractivity contribution in [2.45, 2.75) is 18.4 Å². The van der Waals surface area contributed by atoms with E-state index in [1.807, 2.05) is 0 Å². The molecule has 0 bridgehead atoms. The Morgan fingerprint density at radius 2 is 2.07 bits per heavy atom. The van der Waals surface area contributed by atoms with Gasteiger partial charge in [-0.1, -0.05) is 6.58 Å². The van der Waals surface area contributed by atoms with E-state index in [0.717, 1.165) is 0 Å². The van der Waals surface area contributed by atoms with Crippen LogP contribution in [0.4, 0.5) is 0 Å². The molecule has 1 heterocycles. The lowest BCUT2D eigenvalue weighted by Crippen LogP contribution is -2.26. The molecule has 1 aliphatic rings. The van der Waals surface area contributed by atoms with E-state index in [2.05, 4.69) is 6.58 Å². The summed E-state index contributed by atoms with van der Waals surface area (Å²) in [4.78, 5) is 11.1. The Morgan fingerprint density at radius 1 is 1.50 bits per heavy atom. The number of carbonyl (C=O) groups excluding carboxylic acids is 1. The van der Waals surface area contributed by atoms with Crippen LogP contribution in [0.3, 0.4) is 0 Å². The number of hydrogen-bond donors (Lipinski definition) is 0. The van der Waals surface area contributed by atoms with Gasteiger partial charge in [-0.25, -0.2) is 13.2 Å². The molecular weight excluding hydrogens is 228 g/mol. The molecule has 4 nitrogen and oxygen atoms in total. The molecule has 0 aromatic heterocycles. The summed E-state index contributed by atoms with van der Waals surface area (Å²) in [7, 11) is -3.15. The number of hydrogen-bond acceptors (Lipinski definition) is 4. The Kier molecular flexibility index (Phi) is 3.21. The zero-order chi connectivity index (χ0) is 10.9. The van der Waals surface area contributed by atoms with Gasteiger partial charge in [0.25, 0.3) is 0 Å². The Bertz CT molecular complexity index is 360. The fourth-order valence-corrected chi connectivity index (χ4v) is 3.58. The largest absolute Gasteiger partial charge is 0.456 e. The van der Waals surface area contributed by atoms with Gasteiger partial charge >= 0.3 is 5.97 Å². The van der Waals surface area contributed by atoms with E-state index in [0.29, 0.717) is 0 Å². The van der Waals surface area contributed by atoms with Crippen LogP contribution in [0.5, 0.6) is 0 Å². The van der Waals surface area contributed by atoms with Crippen LogP contribution in [-0.4, -0.2) is 37.4 Å². The van der Waals surface area contributed by atoms with Crippen LogP contribution in [0.15, 0.2) is 12.2 Å². The first-order valence-corrected chi connectivity index (χ1v) is 6.28. The third-order valence-corrected chi connectivity index (χ3v) is 4.16. The molecule has 0 aromatic rings. The topological polar surface area (TPSA) is 60.4 Å². The summed E-state index contributed by atoms with van der Waals surface area (Å²) in [5, 5.41) is -0.650. The maximum atomic E-state index is 11.1. The predicted octanol–water partition coefficient (Wildman–Crippen LogP) is 0.510. The monoisotopic (exact) mass is 238 g/mol. The molecule has 80 valence electrons. The Balaban J connectivity index is 2.64. The molecule has 2 unspecified atom stereocenters. The summed E-state index contributed by atoms with van der Waals surface area (Å²) in [6.07, 6.45) is -0.745. The van der Waals surface area contributed by atoms with Gasteiger partial charge in [0.05, 0.1) is 16.9 Å². The number of sulfone groups is 1. The number of alkyl halides is 1. The van der Waals surface area contributed by atoms with Gasteiger partial charge in [0.15, 0.2) is 9.84 Å². The van der Waals surface area contributed by atoms with Crippen LogP contribution >= 0.6 is 11.6 Å². The molecule has 0 N–H and O–H groups in total. The molecule has 0 amide bonds. The molecule has 1 fully saturated rings. The number of rotatable bonds is 2. The maximum absolute atomic E-state index is 11.1. The van der Waals surface area contributed by atoms with Crippen molar-refractivity contribution in [3.8, 4) is 0 Å². The summed E-state index contributed by atoms with van der Waals surface area (Å²) in [6, 6.07) is 0. The van der Waals surface area contributed by atoms with Gasteiger partial charge in [-0.2, -0.15) is 0 Å². The molecule has 0 radical (unpaired) electrons. The zero-order valence-electron chi connectivity index (χ0n) is 7.70. The van der Waals surface area contributed by atoms with E-state index >= 15 is 0 Å². The van der Waals surface area contributed by atoms with Gasteiger partial charge in [-0.3, -0.25) is 0 Å². The molecule has 0 spiro atoms. The van der Waals surface area contributed by atoms with Crippen molar-refractivity contribution in [3.05, 3.63) is 12.2 Å². The third kappa shape index (κ3) is 2.72. The van der Waals surface area contributed by atoms with Gasteiger partial charge in [-0.05, 0) is 6.92 Å². The van der Waals surface area contributed by atoms with Crippen LogP contribution < -0.4 is 0 Å². The van der Waals surface area contributed by atoms with Crippen molar-refractivity contribution in [1.82, 2.24) is 0 Å². The minimum absolute atomic E-state index is 0.136. The number of ether oxygens (including phenoxy) is 1. The van der Waals surface area contributed by atoms with Crippen molar-refractivity contribution in [1.29, 1.82) is 0 Å². The molecular formula is C8H11ClO4S. The average Bonchev–Trinajstić information content (AvgIpc) is 2.24. The summed E-state index contributed by atoms with van der Waals surface area (Å²) in [6.45, 7) is 4.89. The van der Waals surface area contributed by atoms with E-state index < -0.39 is 27.3 Å². The number of halogens is 1. The maximum Gasteiger partial charge on any atom is 0.333 e. The fraction of sp³-hybridized carbons (Fsp3) is 0.625. The van der Waals surface area contributed by atoms with Crippen molar-refractivity contribution in [2.75, 3.05) is 11.5 Å².